The van der Waals surface area contributed by atoms with E-state index in [9.17, 15) is 4.79 Å². The van der Waals surface area contributed by atoms with Gasteiger partial charge in [-0.15, -0.1) is 0 Å². The van der Waals surface area contributed by atoms with E-state index < -0.39 is 5.97 Å². The van der Waals surface area contributed by atoms with Gasteiger partial charge in [0.15, 0.2) is 5.69 Å². The number of methoxy groups -OCH3 is 1. The zero-order valence-electron chi connectivity index (χ0n) is 10.3. The molecule has 1 N–H and O–H groups in total. The van der Waals surface area contributed by atoms with Crippen molar-refractivity contribution in [2.45, 2.75) is 19.6 Å². The van der Waals surface area contributed by atoms with Crippen LogP contribution < -0.4 is 5.32 Å². The highest BCUT2D eigenvalue weighted by Gasteiger charge is 2.23. The Labute approximate surface area is 100 Å². The molecule has 0 atom stereocenters. The lowest BCUT2D eigenvalue weighted by Gasteiger charge is -2.11. The summed E-state index contributed by atoms with van der Waals surface area (Å²) in [5.74, 6) is 0.255. The van der Waals surface area contributed by atoms with Crippen molar-refractivity contribution < 1.29 is 9.53 Å². The highest BCUT2D eigenvalue weighted by Crippen LogP contribution is 2.18. The zero-order chi connectivity index (χ0) is 12.4. The number of fused-ring (bicyclic) bond motifs is 1. The first-order chi connectivity index (χ1) is 8.11. The molecule has 1 aliphatic rings. The Morgan fingerprint density at radius 2 is 2.18 bits per heavy atom. The van der Waals surface area contributed by atoms with Crippen LogP contribution in [0.15, 0.2) is 0 Å². The Hall–Kier alpha value is -1.53. The van der Waals surface area contributed by atoms with Crippen molar-refractivity contribution in [1.82, 2.24) is 20.2 Å². The summed E-state index contributed by atoms with van der Waals surface area (Å²) < 4.78 is 4.75. The van der Waals surface area contributed by atoms with Gasteiger partial charge in [0.1, 0.15) is 5.82 Å². The van der Waals surface area contributed by atoms with Gasteiger partial charge in [-0.3, -0.25) is 0 Å². The third kappa shape index (κ3) is 2.42. The lowest BCUT2D eigenvalue weighted by molar-refractivity contribution is 0.0591. The van der Waals surface area contributed by atoms with Crippen molar-refractivity contribution in [3.05, 3.63) is 22.8 Å². The minimum absolute atomic E-state index is 0.388. The maximum absolute atomic E-state index is 11.7. The van der Waals surface area contributed by atoms with Gasteiger partial charge in [0.2, 0.25) is 0 Å². The van der Waals surface area contributed by atoms with Crippen molar-refractivity contribution >= 4 is 5.97 Å². The van der Waals surface area contributed by atoms with Crippen molar-refractivity contribution in [3.8, 4) is 0 Å². The molecule has 0 bridgehead atoms. The summed E-state index contributed by atoms with van der Waals surface area (Å²) in [6.45, 7) is 1.92. The molecule has 0 radical (unpaired) electrons. The monoisotopic (exact) mass is 236 g/mol. The summed E-state index contributed by atoms with van der Waals surface area (Å²) in [7, 11) is 5.24. The number of ether oxygens (including phenoxy) is 1. The second-order valence-electron chi connectivity index (χ2n) is 4.25. The highest BCUT2D eigenvalue weighted by molar-refractivity contribution is 5.89. The molecule has 0 unspecified atom stereocenters. The van der Waals surface area contributed by atoms with Crippen LogP contribution >= 0.6 is 0 Å². The lowest BCUT2D eigenvalue weighted by Crippen LogP contribution is -2.18. The average Bonchev–Trinajstić information content (AvgIpc) is 2.74. The molecule has 0 aliphatic carbocycles. The second-order valence-corrected chi connectivity index (χ2v) is 4.25. The number of carbonyl (C=O) groups excluding carboxylic acids is 1. The van der Waals surface area contributed by atoms with Gasteiger partial charge in [0.25, 0.3) is 0 Å². The van der Waals surface area contributed by atoms with E-state index in [1.807, 2.05) is 19.0 Å². The molecule has 0 amide bonds. The van der Waals surface area contributed by atoms with Crippen molar-refractivity contribution in [2.75, 3.05) is 21.2 Å². The molecular weight excluding hydrogens is 220 g/mol. The Bertz CT molecular complexity index is 445. The SMILES string of the molecule is COC(=O)c1nc(CN(C)C)nc2c1CNC2. The number of esters is 1. The summed E-state index contributed by atoms with van der Waals surface area (Å²) >= 11 is 0. The molecule has 1 aliphatic heterocycles. The topological polar surface area (TPSA) is 67.3 Å². The smallest absolute Gasteiger partial charge is 0.357 e. The maximum atomic E-state index is 11.7. The molecule has 0 spiro atoms. The molecule has 92 valence electrons. The summed E-state index contributed by atoms with van der Waals surface area (Å²) in [6, 6.07) is 0. The molecule has 0 aromatic carbocycles. The summed E-state index contributed by atoms with van der Waals surface area (Å²) in [5, 5.41) is 3.16. The molecule has 1 aromatic heterocycles. The molecule has 6 heteroatoms. The predicted octanol–water partition coefficient (Wildman–Crippen LogP) is -0.0720. The first-order valence-corrected chi connectivity index (χ1v) is 5.44. The summed E-state index contributed by atoms with van der Waals surface area (Å²) in [6.07, 6.45) is 0. The van der Waals surface area contributed by atoms with Crippen LogP contribution in [0.25, 0.3) is 0 Å². The van der Waals surface area contributed by atoms with Gasteiger partial charge >= 0.3 is 5.97 Å². The number of nitrogens with zero attached hydrogens (tertiary/aromatic N) is 3. The average molecular weight is 236 g/mol. The van der Waals surface area contributed by atoms with Crippen LogP contribution in [-0.4, -0.2) is 42.0 Å². The molecule has 0 fully saturated rings. The molecule has 2 heterocycles. The van der Waals surface area contributed by atoms with Crippen LogP contribution in [0.2, 0.25) is 0 Å². The second kappa shape index (κ2) is 4.77. The van der Waals surface area contributed by atoms with E-state index in [0.29, 0.717) is 31.2 Å². The highest BCUT2D eigenvalue weighted by atomic mass is 16.5. The van der Waals surface area contributed by atoms with Gasteiger partial charge in [0, 0.05) is 18.7 Å². The normalized spacial score (nSPS) is 13.9. The third-order valence-corrected chi connectivity index (χ3v) is 2.57. The van der Waals surface area contributed by atoms with Crippen molar-refractivity contribution in [2.24, 2.45) is 0 Å². The van der Waals surface area contributed by atoms with Crippen LogP contribution in [0.1, 0.15) is 27.6 Å². The number of aromatic nitrogens is 2. The van der Waals surface area contributed by atoms with Gasteiger partial charge in [0.05, 0.1) is 19.3 Å². The fraction of sp³-hybridized carbons (Fsp3) is 0.545. The molecular formula is C11H16N4O2. The largest absolute Gasteiger partial charge is 0.464 e. The van der Waals surface area contributed by atoms with E-state index in [0.717, 1.165) is 11.3 Å². The van der Waals surface area contributed by atoms with E-state index in [4.69, 9.17) is 4.74 Å². The molecule has 17 heavy (non-hydrogen) atoms. The molecule has 0 saturated heterocycles. The first-order valence-electron chi connectivity index (χ1n) is 5.44. The van der Waals surface area contributed by atoms with Gasteiger partial charge in [-0.05, 0) is 14.1 Å². The zero-order valence-corrected chi connectivity index (χ0v) is 10.3. The van der Waals surface area contributed by atoms with Gasteiger partial charge in [-0.25, -0.2) is 14.8 Å². The molecule has 6 nitrogen and oxygen atoms in total. The number of hydrogen-bond donors (Lipinski definition) is 1. The van der Waals surface area contributed by atoms with Crippen LogP contribution in [0.5, 0.6) is 0 Å². The summed E-state index contributed by atoms with van der Waals surface area (Å²) in [5.41, 5.74) is 2.15. The molecule has 0 saturated carbocycles. The van der Waals surface area contributed by atoms with Crippen molar-refractivity contribution in [1.29, 1.82) is 0 Å². The van der Waals surface area contributed by atoms with E-state index >= 15 is 0 Å². The standard InChI is InChI=1S/C11H16N4O2/c1-15(2)6-9-13-8-5-12-4-7(8)10(14-9)11(16)17-3/h12H,4-6H2,1-3H3. The third-order valence-electron chi connectivity index (χ3n) is 2.57. The van der Waals surface area contributed by atoms with E-state index in [1.165, 1.54) is 7.11 Å². The van der Waals surface area contributed by atoms with Crippen LogP contribution in [0.3, 0.4) is 0 Å². The van der Waals surface area contributed by atoms with Gasteiger partial charge in [-0.2, -0.15) is 0 Å². The number of rotatable bonds is 3. The molecule has 2 rings (SSSR count). The van der Waals surface area contributed by atoms with E-state index in [1.54, 1.807) is 0 Å². The predicted molar refractivity (Wildman–Crippen MR) is 61.3 cm³/mol. The fourth-order valence-electron chi connectivity index (χ4n) is 1.84. The Kier molecular flexibility index (Phi) is 3.35. The van der Waals surface area contributed by atoms with Gasteiger partial charge < -0.3 is 15.0 Å². The Balaban J connectivity index is 2.42. The van der Waals surface area contributed by atoms with Crippen LogP contribution in [-0.2, 0) is 24.4 Å². The minimum Gasteiger partial charge on any atom is -0.464 e. The number of hydrogen-bond acceptors (Lipinski definition) is 6. The number of carbonyl (C=O) groups is 1. The quantitative estimate of drug-likeness (QED) is 0.741. The Morgan fingerprint density at radius 1 is 1.41 bits per heavy atom. The Morgan fingerprint density at radius 3 is 2.82 bits per heavy atom. The number of nitrogens with one attached hydrogen (secondary N) is 1. The fourth-order valence-corrected chi connectivity index (χ4v) is 1.84. The maximum Gasteiger partial charge on any atom is 0.357 e. The molecule has 1 aromatic rings. The summed E-state index contributed by atoms with van der Waals surface area (Å²) in [4.78, 5) is 22.4. The van der Waals surface area contributed by atoms with Crippen LogP contribution in [0.4, 0.5) is 0 Å². The lowest BCUT2D eigenvalue weighted by atomic mass is 10.2. The minimum atomic E-state index is -0.396. The van der Waals surface area contributed by atoms with E-state index in [-0.39, 0.29) is 0 Å². The van der Waals surface area contributed by atoms with Crippen molar-refractivity contribution in [3.63, 3.8) is 0 Å². The van der Waals surface area contributed by atoms with E-state index in [2.05, 4.69) is 15.3 Å². The van der Waals surface area contributed by atoms with Gasteiger partial charge in [-0.1, -0.05) is 0 Å². The van der Waals surface area contributed by atoms with Crippen LogP contribution in [0, 0.1) is 0 Å². The first kappa shape index (κ1) is 11.9.